The van der Waals surface area contributed by atoms with Crippen molar-refractivity contribution in [2.75, 3.05) is 0 Å². The van der Waals surface area contributed by atoms with Gasteiger partial charge in [0, 0.05) is 8.99 Å². The lowest BCUT2D eigenvalue weighted by Gasteiger charge is -2.70. The SMILES string of the molecule is CC(=O)[C@@]12O[C@@H]1C[C@H]1[C@]3(C)CC[C@H]4CC(OC(=O)c5cccc(I)c5)CC[C@]4(C)[C@@]3(Cl)CC[C@@]12C. The molecular formula is C29H36ClIO4. The number of hydrogen-bond acceptors (Lipinski definition) is 4. The van der Waals surface area contributed by atoms with Crippen LogP contribution in [0.4, 0.5) is 0 Å². The maximum absolute atomic E-state index is 12.8. The zero-order valence-corrected chi connectivity index (χ0v) is 24.1. The van der Waals surface area contributed by atoms with Gasteiger partial charge in [0.15, 0.2) is 11.4 Å². The molecule has 190 valence electrons. The second-order valence-electron chi connectivity index (χ2n) is 12.8. The minimum absolute atomic E-state index is 0.00898. The number of epoxide rings is 1. The molecule has 0 aromatic heterocycles. The average molecular weight is 611 g/mol. The lowest BCUT2D eigenvalue weighted by atomic mass is 9.38. The Kier molecular flexibility index (Phi) is 5.42. The number of ketones is 1. The van der Waals surface area contributed by atoms with E-state index in [1.54, 1.807) is 6.92 Å². The third-order valence-electron chi connectivity index (χ3n) is 11.7. The Morgan fingerprint density at radius 2 is 1.77 bits per heavy atom. The second kappa shape index (κ2) is 7.69. The maximum Gasteiger partial charge on any atom is 0.338 e. The highest BCUT2D eigenvalue weighted by molar-refractivity contribution is 14.1. The van der Waals surface area contributed by atoms with Gasteiger partial charge in [-0.15, -0.1) is 11.6 Å². The molecule has 4 saturated carbocycles. The molecule has 0 N–H and O–H groups in total. The number of benzene rings is 1. The molecule has 4 nitrogen and oxygen atoms in total. The van der Waals surface area contributed by atoms with Crippen molar-refractivity contribution >= 4 is 45.9 Å². The lowest BCUT2D eigenvalue weighted by molar-refractivity contribution is -0.175. The molecule has 6 heteroatoms. The third-order valence-corrected chi connectivity index (χ3v) is 13.4. The van der Waals surface area contributed by atoms with E-state index in [2.05, 4.69) is 43.4 Å². The Morgan fingerprint density at radius 3 is 2.49 bits per heavy atom. The summed E-state index contributed by atoms with van der Waals surface area (Å²) in [6, 6.07) is 7.61. The zero-order valence-electron chi connectivity index (χ0n) is 21.2. The van der Waals surface area contributed by atoms with E-state index >= 15 is 0 Å². The van der Waals surface area contributed by atoms with Crippen LogP contribution in [0.5, 0.6) is 0 Å². The second-order valence-corrected chi connectivity index (χ2v) is 14.7. The molecule has 1 heterocycles. The summed E-state index contributed by atoms with van der Waals surface area (Å²) in [5, 5.41) is 0. The Morgan fingerprint density at radius 1 is 1.03 bits per heavy atom. The summed E-state index contributed by atoms with van der Waals surface area (Å²) in [6.45, 7) is 8.86. The van der Waals surface area contributed by atoms with Crippen molar-refractivity contribution in [1.29, 1.82) is 0 Å². The predicted molar refractivity (Wildman–Crippen MR) is 143 cm³/mol. The number of Topliss-reactive ketones (excluding diaryl/α,β-unsaturated/α-hetero) is 1. The van der Waals surface area contributed by atoms with Crippen molar-refractivity contribution in [1.82, 2.24) is 0 Å². The first-order valence-corrected chi connectivity index (χ1v) is 14.7. The summed E-state index contributed by atoms with van der Waals surface area (Å²) >= 11 is 10.1. The molecule has 1 aliphatic heterocycles. The van der Waals surface area contributed by atoms with E-state index in [-0.39, 0.29) is 45.1 Å². The smallest absolute Gasteiger partial charge is 0.338 e. The van der Waals surface area contributed by atoms with Crippen molar-refractivity contribution in [3.05, 3.63) is 33.4 Å². The van der Waals surface area contributed by atoms with Crippen LogP contribution in [0, 0.1) is 31.7 Å². The zero-order chi connectivity index (χ0) is 25.0. The molecular weight excluding hydrogens is 575 g/mol. The van der Waals surface area contributed by atoms with Crippen LogP contribution in [-0.4, -0.2) is 34.4 Å². The van der Waals surface area contributed by atoms with Gasteiger partial charge < -0.3 is 9.47 Å². The quantitative estimate of drug-likeness (QED) is 0.161. The van der Waals surface area contributed by atoms with Crippen LogP contribution in [0.2, 0.25) is 0 Å². The Hall–Kier alpha value is -0.660. The molecule has 6 rings (SSSR count). The Bertz CT molecular complexity index is 1110. The monoisotopic (exact) mass is 610 g/mol. The fourth-order valence-corrected chi connectivity index (χ4v) is 10.8. The number of halogens is 2. The number of esters is 1. The first-order chi connectivity index (χ1) is 16.4. The highest BCUT2D eigenvalue weighted by Gasteiger charge is 2.83. The molecule has 0 spiro atoms. The average Bonchev–Trinajstić information content (AvgIpc) is 3.49. The molecule has 35 heavy (non-hydrogen) atoms. The molecule has 9 atom stereocenters. The molecule has 0 bridgehead atoms. The molecule has 4 aliphatic carbocycles. The molecule has 0 amide bonds. The van der Waals surface area contributed by atoms with Crippen molar-refractivity contribution in [2.45, 2.75) is 102 Å². The van der Waals surface area contributed by atoms with E-state index in [9.17, 15) is 9.59 Å². The van der Waals surface area contributed by atoms with Gasteiger partial charge in [-0.05, 0) is 122 Å². The third kappa shape index (κ3) is 3.01. The van der Waals surface area contributed by atoms with Gasteiger partial charge >= 0.3 is 5.97 Å². The maximum atomic E-state index is 12.8. The van der Waals surface area contributed by atoms with Crippen molar-refractivity contribution in [2.24, 2.45) is 28.1 Å². The number of carbonyl (C=O) groups is 2. The van der Waals surface area contributed by atoms with Gasteiger partial charge in [-0.3, -0.25) is 4.79 Å². The van der Waals surface area contributed by atoms with Crippen molar-refractivity contribution in [3.63, 3.8) is 0 Å². The van der Waals surface area contributed by atoms with Crippen LogP contribution in [0.1, 0.15) is 89.4 Å². The van der Waals surface area contributed by atoms with E-state index < -0.39 is 5.60 Å². The Balaban J connectivity index is 1.24. The van der Waals surface area contributed by atoms with Gasteiger partial charge in [0.05, 0.1) is 16.5 Å². The first-order valence-electron chi connectivity index (χ1n) is 13.3. The Labute approximate surface area is 227 Å². The number of fused-ring (bicyclic) bond motifs is 7. The highest BCUT2D eigenvalue weighted by Crippen LogP contribution is 2.79. The summed E-state index contributed by atoms with van der Waals surface area (Å²) in [4.78, 5) is 25.3. The number of carbonyl (C=O) groups excluding carboxylic acids is 2. The lowest BCUT2D eigenvalue weighted by Crippen LogP contribution is -2.69. The summed E-state index contributed by atoms with van der Waals surface area (Å²) in [5.41, 5.74) is -0.109. The van der Waals surface area contributed by atoms with Crippen LogP contribution < -0.4 is 0 Å². The minimum atomic E-state index is -0.572. The van der Waals surface area contributed by atoms with Gasteiger partial charge in [-0.25, -0.2) is 4.79 Å². The highest BCUT2D eigenvalue weighted by atomic mass is 127. The summed E-state index contributed by atoms with van der Waals surface area (Å²) in [7, 11) is 0. The van der Waals surface area contributed by atoms with Crippen molar-refractivity contribution in [3.8, 4) is 0 Å². The van der Waals surface area contributed by atoms with E-state index in [4.69, 9.17) is 21.1 Å². The summed E-state index contributed by atoms with van der Waals surface area (Å²) < 4.78 is 13.2. The van der Waals surface area contributed by atoms with Crippen LogP contribution in [0.15, 0.2) is 24.3 Å². The van der Waals surface area contributed by atoms with Crippen LogP contribution in [0.3, 0.4) is 0 Å². The first kappa shape index (κ1) is 24.7. The topological polar surface area (TPSA) is 55.9 Å². The van der Waals surface area contributed by atoms with E-state index in [0.717, 1.165) is 54.9 Å². The fraction of sp³-hybridized carbons (Fsp3) is 0.724. The minimum Gasteiger partial charge on any atom is -0.459 e. The van der Waals surface area contributed by atoms with Crippen LogP contribution in [-0.2, 0) is 14.3 Å². The van der Waals surface area contributed by atoms with E-state index in [1.165, 1.54) is 0 Å². The normalized spacial score (nSPS) is 49.8. The van der Waals surface area contributed by atoms with Crippen LogP contribution >= 0.6 is 34.2 Å². The van der Waals surface area contributed by atoms with Crippen LogP contribution in [0.25, 0.3) is 0 Å². The fourth-order valence-electron chi connectivity index (χ4n) is 9.71. The largest absolute Gasteiger partial charge is 0.459 e. The molecule has 5 fully saturated rings. The summed E-state index contributed by atoms with van der Waals surface area (Å²) in [6.07, 6.45) is 7.74. The van der Waals surface area contributed by atoms with Gasteiger partial charge in [0.25, 0.3) is 0 Å². The molecule has 1 aromatic rings. The molecule has 1 saturated heterocycles. The van der Waals surface area contributed by atoms with E-state index in [0.29, 0.717) is 17.4 Å². The van der Waals surface area contributed by atoms with Gasteiger partial charge in [-0.2, -0.15) is 0 Å². The molecule has 0 radical (unpaired) electrons. The predicted octanol–water partition coefficient (Wildman–Crippen LogP) is 6.95. The standard InChI is InChI=1S/C29H36ClIO4/c1-17(32)29-23(35-29)16-22-26(3)10-8-19-15-21(34-24(33)18-6-5-7-20(31)14-18)9-11-25(19,2)28(26,30)13-12-27(22,29)4/h5-7,14,19,21-23H,8-13,15-16H2,1-4H3/t19-,21?,22-,23+,25-,26-,27-,28-,29+/m0/s1. The number of alkyl halides is 1. The molecule has 1 unspecified atom stereocenters. The number of rotatable bonds is 3. The van der Waals surface area contributed by atoms with Gasteiger partial charge in [0.1, 0.15) is 6.10 Å². The van der Waals surface area contributed by atoms with Gasteiger partial charge in [0.2, 0.25) is 0 Å². The summed E-state index contributed by atoms with van der Waals surface area (Å²) in [5.74, 6) is 0.826. The number of ether oxygens (including phenoxy) is 2. The molecule has 1 aromatic carbocycles. The number of hydrogen-bond donors (Lipinski definition) is 0. The molecule has 5 aliphatic rings. The van der Waals surface area contributed by atoms with Gasteiger partial charge in [-0.1, -0.05) is 26.8 Å². The van der Waals surface area contributed by atoms with E-state index in [1.807, 2.05) is 24.3 Å². The van der Waals surface area contributed by atoms with Crippen molar-refractivity contribution < 1.29 is 19.1 Å².